The lowest BCUT2D eigenvalue weighted by atomic mass is 10.1. The number of hydrogen-bond donors (Lipinski definition) is 1. The minimum Gasteiger partial charge on any atom is -0.376 e. The number of fused-ring (bicyclic) bond motifs is 1. The molecule has 5 nitrogen and oxygen atoms in total. The zero-order valence-electron chi connectivity index (χ0n) is 15.2. The Bertz CT molecular complexity index is 902. The van der Waals surface area contributed by atoms with Crippen molar-refractivity contribution in [1.82, 2.24) is 9.88 Å². The molecule has 2 heterocycles. The van der Waals surface area contributed by atoms with Crippen molar-refractivity contribution < 1.29 is 9.53 Å². The Labute approximate surface area is 159 Å². The van der Waals surface area contributed by atoms with E-state index in [0.717, 1.165) is 41.5 Å². The predicted molar refractivity (Wildman–Crippen MR) is 107 cm³/mol. The third-order valence-electron chi connectivity index (χ3n) is 4.89. The molecule has 4 rings (SSSR count). The average molecular weight is 361 g/mol. The summed E-state index contributed by atoms with van der Waals surface area (Å²) in [5, 5.41) is 5.24. The van der Waals surface area contributed by atoms with E-state index in [2.05, 4.69) is 10.3 Å². The van der Waals surface area contributed by atoms with Gasteiger partial charge in [0.25, 0.3) is 0 Å². The Hall–Kier alpha value is -2.92. The number of ether oxygens (including phenoxy) is 1. The minimum absolute atomic E-state index is 0.102. The van der Waals surface area contributed by atoms with Gasteiger partial charge in [0.1, 0.15) is 0 Å². The first-order valence-electron chi connectivity index (χ1n) is 9.34. The second-order valence-electron chi connectivity index (χ2n) is 6.83. The van der Waals surface area contributed by atoms with Crippen molar-refractivity contribution in [3.05, 3.63) is 72.6 Å². The van der Waals surface area contributed by atoms with Crippen molar-refractivity contribution in [1.29, 1.82) is 0 Å². The van der Waals surface area contributed by atoms with Crippen LogP contribution in [0.1, 0.15) is 18.4 Å². The lowest BCUT2D eigenvalue weighted by Gasteiger charge is -2.26. The molecule has 1 aliphatic heterocycles. The highest BCUT2D eigenvalue weighted by atomic mass is 16.5. The number of urea groups is 1. The van der Waals surface area contributed by atoms with Crippen LogP contribution in [0.2, 0.25) is 0 Å². The van der Waals surface area contributed by atoms with E-state index in [9.17, 15) is 4.79 Å². The molecule has 0 radical (unpaired) electrons. The monoisotopic (exact) mass is 361 g/mol. The number of benzene rings is 2. The summed E-state index contributed by atoms with van der Waals surface area (Å²) in [7, 11) is 0. The number of hydrogen-bond acceptors (Lipinski definition) is 3. The van der Waals surface area contributed by atoms with Gasteiger partial charge in [-0.15, -0.1) is 0 Å². The smallest absolute Gasteiger partial charge is 0.322 e. The Kier molecular flexibility index (Phi) is 5.30. The van der Waals surface area contributed by atoms with Crippen LogP contribution in [0, 0.1) is 0 Å². The van der Waals surface area contributed by atoms with E-state index in [-0.39, 0.29) is 12.1 Å². The molecule has 0 saturated carbocycles. The summed E-state index contributed by atoms with van der Waals surface area (Å²) in [5.74, 6) is 0. The lowest BCUT2D eigenvalue weighted by Crippen LogP contribution is -2.39. The normalized spacial score (nSPS) is 16.4. The molecule has 1 saturated heterocycles. The second-order valence-corrected chi connectivity index (χ2v) is 6.83. The molecule has 0 aliphatic carbocycles. The van der Waals surface area contributed by atoms with Crippen molar-refractivity contribution >= 4 is 22.5 Å². The third kappa shape index (κ3) is 4.26. The first-order valence-corrected chi connectivity index (χ1v) is 9.34. The van der Waals surface area contributed by atoms with E-state index in [1.165, 1.54) is 0 Å². The van der Waals surface area contributed by atoms with E-state index >= 15 is 0 Å². The number of nitrogens with one attached hydrogen (secondary N) is 1. The number of carbonyl (C=O) groups excluding carboxylic acids is 1. The highest BCUT2D eigenvalue weighted by Crippen LogP contribution is 2.24. The zero-order valence-corrected chi connectivity index (χ0v) is 15.2. The maximum absolute atomic E-state index is 13.1. The Morgan fingerprint density at radius 3 is 2.74 bits per heavy atom. The van der Waals surface area contributed by atoms with E-state index in [0.29, 0.717) is 13.1 Å². The highest BCUT2D eigenvalue weighted by Gasteiger charge is 2.23. The number of rotatable bonds is 5. The van der Waals surface area contributed by atoms with E-state index < -0.39 is 0 Å². The van der Waals surface area contributed by atoms with Gasteiger partial charge in [0.05, 0.1) is 11.8 Å². The number of aromatic nitrogens is 1. The minimum atomic E-state index is -0.112. The maximum atomic E-state index is 13.1. The van der Waals surface area contributed by atoms with Crippen molar-refractivity contribution in [2.24, 2.45) is 0 Å². The fraction of sp³-hybridized carbons (Fsp3) is 0.273. The van der Waals surface area contributed by atoms with Crippen LogP contribution >= 0.6 is 0 Å². The molecule has 1 fully saturated rings. The molecule has 138 valence electrons. The van der Waals surface area contributed by atoms with Gasteiger partial charge in [-0.05, 0) is 42.0 Å². The highest BCUT2D eigenvalue weighted by molar-refractivity contribution is 6.01. The van der Waals surface area contributed by atoms with Crippen LogP contribution < -0.4 is 5.32 Å². The molecule has 5 heteroatoms. The standard InChI is InChI=1S/C22H23N3O2/c26-22(24-21-9-3-6-18-5-1-2-8-20(18)21)25(16-19-7-4-14-27-19)15-17-10-12-23-13-11-17/h1-3,5-6,8-13,19H,4,7,14-16H2,(H,24,26)/t19-/m0/s1. The zero-order chi connectivity index (χ0) is 18.5. The molecule has 1 aromatic heterocycles. The summed E-state index contributed by atoms with van der Waals surface area (Å²) in [5.41, 5.74) is 1.88. The molecule has 0 spiro atoms. The molecule has 2 amide bonds. The summed E-state index contributed by atoms with van der Waals surface area (Å²) in [6.07, 6.45) is 5.66. The third-order valence-corrected chi connectivity index (χ3v) is 4.89. The number of pyridine rings is 1. The molecular formula is C22H23N3O2. The van der Waals surface area contributed by atoms with E-state index in [4.69, 9.17) is 4.74 Å². The van der Waals surface area contributed by atoms with E-state index in [1.54, 1.807) is 12.4 Å². The fourth-order valence-electron chi connectivity index (χ4n) is 3.49. The Balaban J connectivity index is 1.55. The number of amides is 2. The second kappa shape index (κ2) is 8.18. The molecule has 0 bridgehead atoms. The summed E-state index contributed by atoms with van der Waals surface area (Å²) in [6.45, 7) is 1.89. The summed E-state index contributed by atoms with van der Waals surface area (Å²) < 4.78 is 5.76. The predicted octanol–water partition coefficient (Wildman–Crippen LogP) is 4.45. The lowest BCUT2D eigenvalue weighted by molar-refractivity contribution is 0.0819. The van der Waals surface area contributed by atoms with Gasteiger partial charge in [0.2, 0.25) is 0 Å². The first kappa shape index (κ1) is 17.5. The summed E-state index contributed by atoms with van der Waals surface area (Å²) in [4.78, 5) is 19.0. The van der Waals surface area contributed by atoms with E-state index in [1.807, 2.05) is 59.5 Å². The van der Waals surface area contributed by atoms with Gasteiger partial charge in [-0.1, -0.05) is 36.4 Å². The van der Waals surface area contributed by atoms with Gasteiger partial charge in [0, 0.05) is 37.5 Å². The maximum Gasteiger partial charge on any atom is 0.322 e. The molecule has 1 aliphatic rings. The van der Waals surface area contributed by atoms with Gasteiger partial charge in [-0.2, -0.15) is 0 Å². The number of anilines is 1. The molecular weight excluding hydrogens is 338 g/mol. The van der Waals surface area contributed by atoms with Crippen molar-refractivity contribution in [3.8, 4) is 0 Å². The molecule has 3 aromatic rings. The van der Waals surface area contributed by atoms with Crippen LogP contribution in [-0.2, 0) is 11.3 Å². The van der Waals surface area contributed by atoms with Gasteiger partial charge in [0.15, 0.2) is 0 Å². The SMILES string of the molecule is O=C(Nc1cccc2ccccc12)N(Cc1ccncc1)C[C@@H]1CCCO1. The molecule has 0 unspecified atom stereocenters. The van der Waals surface area contributed by atoms with Gasteiger partial charge in [-0.3, -0.25) is 4.98 Å². The molecule has 1 atom stereocenters. The topological polar surface area (TPSA) is 54.5 Å². The van der Waals surface area contributed by atoms with Crippen LogP contribution in [0.15, 0.2) is 67.0 Å². The number of carbonyl (C=O) groups is 1. The largest absolute Gasteiger partial charge is 0.376 e. The molecule has 27 heavy (non-hydrogen) atoms. The van der Waals surface area contributed by atoms with Crippen molar-refractivity contribution in [2.45, 2.75) is 25.5 Å². The van der Waals surface area contributed by atoms with Gasteiger partial charge >= 0.3 is 6.03 Å². The quantitative estimate of drug-likeness (QED) is 0.730. The molecule has 1 N–H and O–H groups in total. The van der Waals surface area contributed by atoms with Crippen LogP contribution in [0.4, 0.5) is 10.5 Å². The first-order chi connectivity index (χ1) is 13.3. The van der Waals surface area contributed by atoms with Gasteiger partial charge < -0.3 is 15.0 Å². The fourth-order valence-corrected chi connectivity index (χ4v) is 3.49. The van der Waals surface area contributed by atoms with Crippen LogP contribution in [0.5, 0.6) is 0 Å². The Morgan fingerprint density at radius 2 is 1.93 bits per heavy atom. The van der Waals surface area contributed by atoms with Gasteiger partial charge in [-0.25, -0.2) is 4.79 Å². The number of nitrogens with zero attached hydrogens (tertiary/aromatic N) is 2. The van der Waals surface area contributed by atoms with Crippen LogP contribution in [-0.4, -0.2) is 35.2 Å². The van der Waals surface area contributed by atoms with Crippen molar-refractivity contribution in [3.63, 3.8) is 0 Å². The van der Waals surface area contributed by atoms with Crippen LogP contribution in [0.3, 0.4) is 0 Å². The molecule has 2 aromatic carbocycles. The van der Waals surface area contributed by atoms with Crippen molar-refractivity contribution in [2.75, 3.05) is 18.5 Å². The summed E-state index contributed by atoms with van der Waals surface area (Å²) in [6, 6.07) is 17.8. The van der Waals surface area contributed by atoms with Crippen LogP contribution in [0.25, 0.3) is 10.8 Å². The summed E-state index contributed by atoms with van der Waals surface area (Å²) >= 11 is 0. The Morgan fingerprint density at radius 1 is 1.11 bits per heavy atom. The average Bonchev–Trinajstić information content (AvgIpc) is 3.22.